The molecule has 1 atom stereocenters. The van der Waals surface area contributed by atoms with Gasteiger partial charge in [-0.15, -0.1) is 0 Å². The minimum atomic E-state index is -0.985. The van der Waals surface area contributed by atoms with Gasteiger partial charge in [-0.2, -0.15) is 5.23 Å². The molecule has 0 aliphatic carbocycles. The Morgan fingerprint density at radius 1 is 1.15 bits per heavy atom. The van der Waals surface area contributed by atoms with E-state index in [2.05, 4.69) is 5.32 Å². The summed E-state index contributed by atoms with van der Waals surface area (Å²) < 4.78 is 0. The maximum Gasteiger partial charge on any atom is 0.256 e. The lowest BCUT2D eigenvalue weighted by atomic mass is 10.0. The number of amides is 1. The summed E-state index contributed by atoms with van der Waals surface area (Å²) in [5.74, 6) is -0.174. The van der Waals surface area contributed by atoms with Crippen molar-refractivity contribution in [2.45, 2.75) is 0 Å². The van der Waals surface area contributed by atoms with Gasteiger partial charge in [0.1, 0.15) is 0 Å². The molecule has 1 heterocycles. The maximum atomic E-state index is 12.0. The van der Waals surface area contributed by atoms with Gasteiger partial charge in [-0.1, -0.05) is 30.3 Å². The van der Waals surface area contributed by atoms with E-state index in [1.807, 2.05) is 24.3 Å². The zero-order valence-electron chi connectivity index (χ0n) is 10.5. The highest BCUT2D eigenvalue weighted by atomic mass is 16.8. The summed E-state index contributed by atoms with van der Waals surface area (Å²) in [5.41, 5.74) is 3.04. The van der Waals surface area contributed by atoms with Crippen LogP contribution in [0.4, 0.5) is 11.4 Å². The molecule has 1 aliphatic heterocycles. The smallest absolute Gasteiger partial charge is 0.256 e. The second-order valence-corrected chi connectivity index (χ2v) is 4.49. The quantitative estimate of drug-likeness (QED) is 0.571. The van der Waals surface area contributed by atoms with Crippen molar-refractivity contribution in [1.29, 1.82) is 0 Å². The van der Waals surface area contributed by atoms with Gasteiger partial charge in [0.2, 0.25) is 0 Å². The Morgan fingerprint density at radius 3 is 2.75 bits per heavy atom. The Bertz CT molecular complexity index is 708. The summed E-state index contributed by atoms with van der Waals surface area (Å²) in [6.45, 7) is 0. The first-order valence-corrected chi connectivity index (χ1v) is 6.11. The Labute approximate surface area is 115 Å². The van der Waals surface area contributed by atoms with Crippen LogP contribution in [0.1, 0.15) is 11.1 Å². The zero-order valence-corrected chi connectivity index (χ0v) is 10.5. The van der Waals surface area contributed by atoms with Crippen LogP contribution in [-0.2, 0) is 4.79 Å². The van der Waals surface area contributed by atoms with E-state index in [1.54, 1.807) is 24.3 Å². The van der Waals surface area contributed by atoms with Gasteiger partial charge in [0.25, 0.3) is 5.91 Å². The molecule has 1 aliphatic rings. The monoisotopic (exact) mass is 268 g/mol. The molecule has 0 saturated carbocycles. The molecule has 0 aromatic heterocycles. The summed E-state index contributed by atoms with van der Waals surface area (Å²) in [5, 5.41) is 21.7. The third kappa shape index (κ3) is 2.21. The molecule has 0 fully saturated rings. The molecule has 0 spiro atoms. The number of carbonyl (C=O) groups is 1. The number of nitrogens with one attached hydrogen (secondary N) is 2. The average Bonchev–Trinajstić information content (AvgIpc) is 2.76. The van der Waals surface area contributed by atoms with Crippen molar-refractivity contribution in [3.63, 3.8) is 0 Å². The molecule has 5 nitrogen and oxygen atoms in total. The Balaban J connectivity index is 2.04. The molecule has 0 bridgehead atoms. The molecule has 2 aromatic carbocycles. The van der Waals surface area contributed by atoms with Crippen LogP contribution in [0.25, 0.3) is 11.6 Å². The normalized spacial score (nSPS) is 16.9. The Hall–Kier alpha value is -2.47. The van der Waals surface area contributed by atoms with E-state index in [9.17, 15) is 10.0 Å². The first-order chi connectivity index (χ1) is 9.65. The van der Waals surface area contributed by atoms with Gasteiger partial charge >= 0.3 is 0 Å². The fourth-order valence-corrected chi connectivity index (χ4v) is 2.21. The van der Waals surface area contributed by atoms with Crippen LogP contribution in [0.5, 0.6) is 0 Å². The number of quaternary nitrogens is 1. The molecular weight excluding hydrogens is 256 g/mol. The molecular formula is C15H12N2O3. The standard InChI is InChI=1S/C15H12N2O3/c18-15-13(12-6-1-2-7-14(12)16-15)9-10-4-3-5-11(8-10)17(19)20/h1-9,17,19H,(H,16,18). The van der Waals surface area contributed by atoms with Crippen LogP contribution >= 0.6 is 0 Å². The molecule has 100 valence electrons. The molecule has 2 aromatic rings. The van der Waals surface area contributed by atoms with Gasteiger partial charge in [-0.25, -0.2) is 5.21 Å². The lowest BCUT2D eigenvalue weighted by Crippen LogP contribution is -2.99. The van der Waals surface area contributed by atoms with Gasteiger partial charge in [0.05, 0.1) is 0 Å². The van der Waals surface area contributed by atoms with Gasteiger partial charge in [-0.05, 0) is 17.7 Å². The van der Waals surface area contributed by atoms with Gasteiger partial charge < -0.3 is 10.5 Å². The second kappa shape index (κ2) is 4.90. The Kier molecular flexibility index (Phi) is 3.08. The van der Waals surface area contributed by atoms with Crippen molar-refractivity contribution >= 4 is 28.9 Å². The van der Waals surface area contributed by atoms with Crippen LogP contribution in [0.15, 0.2) is 48.5 Å². The minimum Gasteiger partial charge on any atom is -0.595 e. The fraction of sp³-hybridized carbons (Fsp3) is 0. The number of hydrogen-bond donors (Lipinski definition) is 3. The third-order valence-electron chi connectivity index (χ3n) is 3.15. The molecule has 3 N–H and O–H groups in total. The summed E-state index contributed by atoms with van der Waals surface area (Å²) >= 11 is 0. The number of para-hydroxylation sites is 1. The first-order valence-electron chi connectivity index (χ1n) is 6.11. The molecule has 1 amide bonds. The largest absolute Gasteiger partial charge is 0.595 e. The number of fused-ring (bicyclic) bond motifs is 1. The first kappa shape index (κ1) is 12.6. The highest BCUT2D eigenvalue weighted by Crippen LogP contribution is 2.32. The topological polar surface area (TPSA) is 76.8 Å². The van der Waals surface area contributed by atoms with Crippen LogP contribution in [0.3, 0.4) is 0 Å². The van der Waals surface area contributed by atoms with E-state index in [0.29, 0.717) is 11.1 Å². The molecule has 0 radical (unpaired) electrons. The maximum absolute atomic E-state index is 12.0. The predicted molar refractivity (Wildman–Crippen MR) is 75.2 cm³/mol. The zero-order chi connectivity index (χ0) is 14.1. The second-order valence-electron chi connectivity index (χ2n) is 4.49. The highest BCUT2D eigenvalue weighted by Gasteiger charge is 2.23. The van der Waals surface area contributed by atoms with Crippen LogP contribution in [0.2, 0.25) is 0 Å². The number of rotatable bonds is 2. The summed E-state index contributed by atoms with van der Waals surface area (Å²) in [6, 6.07) is 13.9. The number of carbonyl (C=O) groups excluding carboxylic acids is 1. The van der Waals surface area contributed by atoms with E-state index in [0.717, 1.165) is 11.3 Å². The molecule has 5 heteroatoms. The minimum absolute atomic E-state index is 0.174. The molecule has 1 unspecified atom stereocenters. The summed E-state index contributed by atoms with van der Waals surface area (Å²) in [4.78, 5) is 12.0. The third-order valence-corrected chi connectivity index (χ3v) is 3.15. The van der Waals surface area contributed by atoms with E-state index >= 15 is 0 Å². The molecule has 3 rings (SSSR count). The number of anilines is 1. The summed E-state index contributed by atoms with van der Waals surface area (Å²) in [7, 11) is 0. The fourth-order valence-electron chi connectivity index (χ4n) is 2.21. The van der Waals surface area contributed by atoms with Crippen molar-refractivity contribution in [2.24, 2.45) is 0 Å². The summed E-state index contributed by atoms with van der Waals surface area (Å²) in [6.07, 6.45) is 1.70. The SMILES string of the molecule is O=C1Nc2ccccc2C1=Cc1cccc([NH+]([O-])O)c1. The van der Waals surface area contributed by atoms with Crippen molar-refractivity contribution in [3.05, 3.63) is 64.9 Å². The van der Waals surface area contributed by atoms with Crippen LogP contribution < -0.4 is 10.5 Å². The van der Waals surface area contributed by atoms with Crippen molar-refractivity contribution in [2.75, 3.05) is 5.32 Å². The average molecular weight is 268 g/mol. The predicted octanol–water partition coefficient (Wildman–Crippen LogP) is 1.58. The highest BCUT2D eigenvalue weighted by molar-refractivity contribution is 6.34. The number of hydrogen-bond acceptors (Lipinski definition) is 3. The van der Waals surface area contributed by atoms with E-state index in [4.69, 9.17) is 5.21 Å². The molecule has 0 saturated heterocycles. The van der Waals surface area contributed by atoms with Gasteiger partial charge in [-0.3, -0.25) is 4.79 Å². The number of benzene rings is 2. The van der Waals surface area contributed by atoms with Crippen molar-refractivity contribution < 1.29 is 15.2 Å². The van der Waals surface area contributed by atoms with E-state index in [1.165, 1.54) is 6.07 Å². The van der Waals surface area contributed by atoms with Crippen LogP contribution in [-0.4, -0.2) is 11.1 Å². The lowest BCUT2D eigenvalue weighted by molar-refractivity contribution is -0.991. The lowest BCUT2D eigenvalue weighted by Gasteiger charge is -2.11. The van der Waals surface area contributed by atoms with Crippen molar-refractivity contribution in [1.82, 2.24) is 0 Å². The van der Waals surface area contributed by atoms with E-state index in [-0.39, 0.29) is 11.6 Å². The van der Waals surface area contributed by atoms with Gasteiger partial charge in [0.15, 0.2) is 5.69 Å². The van der Waals surface area contributed by atoms with Gasteiger partial charge in [0, 0.05) is 29.0 Å². The molecule has 20 heavy (non-hydrogen) atoms. The van der Waals surface area contributed by atoms with E-state index < -0.39 is 5.23 Å². The Morgan fingerprint density at radius 2 is 1.95 bits per heavy atom. The van der Waals surface area contributed by atoms with Crippen molar-refractivity contribution in [3.8, 4) is 0 Å². The van der Waals surface area contributed by atoms with Crippen LogP contribution in [0, 0.1) is 5.21 Å².